The van der Waals surface area contributed by atoms with Gasteiger partial charge in [0, 0.05) is 12.1 Å². The third-order valence-corrected chi connectivity index (χ3v) is 2.70. The van der Waals surface area contributed by atoms with Crippen LogP contribution in [-0.2, 0) is 6.54 Å². The molecule has 0 aliphatic carbocycles. The summed E-state index contributed by atoms with van der Waals surface area (Å²) in [7, 11) is 1.67. The van der Waals surface area contributed by atoms with Gasteiger partial charge in [-0.05, 0) is 25.0 Å². The standard InChI is InChI=1S/C14H23N3O/c1-4-5-8-16-14(15)17-10-12-7-6-11(2)9-13(12)18-3/h6-7,9H,4-5,8,10H2,1-3H3,(H3,15,16,17). The van der Waals surface area contributed by atoms with Gasteiger partial charge in [0.05, 0.1) is 13.7 Å². The molecule has 0 spiro atoms. The second-order valence-electron chi connectivity index (χ2n) is 4.30. The molecule has 0 saturated heterocycles. The van der Waals surface area contributed by atoms with Crippen LogP contribution in [0, 0.1) is 6.92 Å². The van der Waals surface area contributed by atoms with Gasteiger partial charge < -0.3 is 15.8 Å². The average Bonchev–Trinajstić information content (AvgIpc) is 2.37. The highest BCUT2D eigenvalue weighted by molar-refractivity contribution is 5.77. The van der Waals surface area contributed by atoms with Crippen molar-refractivity contribution in [2.75, 3.05) is 13.7 Å². The summed E-state index contributed by atoms with van der Waals surface area (Å²) in [5.74, 6) is 1.35. The number of nitrogens with one attached hydrogen (secondary N) is 1. The summed E-state index contributed by atoms with van der Waals surface area (Å²) in [6, 6.07) is 6.08. The Morgan fingerprint density at radius 1 is 1.44 bits per heavy atom. The summed E-state index contributed by atoms with van der Waals surface area (Å²) in [6.45, 7) is 5.59. The van der Waals surface area contributed by atoms with Gasteiger partial charge in [-0.1, -0.05) is 25.5 Å². The van der Waals surface area contributed by atoms with Crippen LogP contribution < -0.4 is 15.8 Å². The molecule has 0 bridgehead atoms. The van der Waals surface area contributed by atoms with Gasteiger partial charge in [0.1, 0.15) is 5.75 Å². The van der Waals surface area contributed by atoms with Crippen LogP contribution in [0.2, 0.25) is 0 Å². The van der Waals surface area contributed by atoms with E-state index in [2.05, 4.69) is 17.2 Å². The summed E-state index contributed by atoms with van der Waals surface area (Å²) in [6.07, 6.45) is 2.25. The molecule has 0 aliphatic heterocycles. The van der Waals surface area contributed by atoms with Crippen LogP contribution in [0.1, 0.15) is 30.9 Å². The maximum Gasteiger partial charge on any atom is 0.188 e. The molecule has 4 heteroatoms. The quantitative estimate of drug-likeness (QED) is 0.461. The van der Waals surface area contributed by atoms with E-state index in [0.29, 0.717) is 12.5 Å². The number of guanidine groups is 1. The van der Waals surface area contributed by atoms with Crippen LogP contribution in [0.3, 0.4) is 0 Å². The zero-order valence-corrected chi connectivity index (χ0v) is 11.5. The van der Waals surface area contributed by atoms with Crippen molar-refractivity contribution < 1.29 is 4.74 Å². The minimum Gasteiger partial charge on any atom is -0.496 e. The third kappa shape index (κ3) is 4.65. The first-order valence-electron chi connectivity index (χ1n) is 6.34. The van der Waals surface area contributed by atoms with Crippen LogP contribution in [0.25, 0.3) is 0 Å². The molecule has 100 valence electrons. The van der Waals surface area contributed by atoms with Crippen LogP contribution in [0.15, 0.2) is 23.2 Å². The lowest BCUT2D eigenvalue weighted by molar-refractivity contribution is 0.409. The number of unbranched alkanes of at least 4 members (excludes halogenated alkanes) is 1. The SMILES string of the molecule is CCCCNC(N)=NCc1ccc(C)cc1OC. The minimum absolute atomic E-state index is 0.492. The van der Waals surface area contributed by atoms with Crippen LogP contribution in [-0.4, -0.2) is 19.6 Å². The van der Waals surface area contributed by atoms with Crippen LogP contribution >= 0.6 is 0 Å². The number of hydrogen-bond acceptors (Lipinski definition) is 2. The van der Waals surface area contributed by atoms with E-state index in [1.165, 1.54) is 5.56 Å². The molecule has 1 aromatic rings. The van der Waals surface area contributed by atoms with Gasteiger partial charge in [-0.2, -0.15) is 0 Å². The molecule has 0 aromatic heterocycles. The second-order valence-corrected chi connectivity index (χ2v) is 4.30. The van der Waals surface area contributed by atoms with Crippen LogP contribution in [0.4, 0.5) is 0 Å². The molecular formula is C14H23N3O. The maximum absolute atomic E-state index is 5.78. The zero-order valence-electron chi connectivity index (χ0n) is 11.5. The molecular weight excluding hydrogens is 226 g/mol. The van der Waals surface area contributed by atoms with Crippen molar-refractivity contribution >= 4 is 5.96 Å². The van der Waals surface area contributed by atoms with Crippen molar-refractivity contribution in [2.24, 2.45) is 10.7 Å². The summed E-state index contributed by atoms with van der Waals surface area (Å²) in [5.41, 5.74) is 8.00. The lowest BCUT2D eigenvalue weighted by atomic mass is 10.1. The van der Waals surface area contributed by atoms with Crippen molar-refractivity contribution in [1.82, 2.24) is 5.32 Å². The molecule has 0 amide bonds. The molecule has 0 radical (unpaired) electrons. The van der Waals surface area contributed by atoms with E-state index in [1.807, 2.05) is 25.1 Å². The number of hydrogen-bond donors (Lipinski definition) is 2. The molecule has 1 rings (SSSR count). The highest BCUT2D eigenvalue weighted by Crippen LogP contribution is 2.20. The van der Waals surface area contributed by atoms with E-state index in [4.69, 9.17) is 10.5 Å². The van der Waals surface area contributed by atoms with Gasteiger partial charge in [-0.15, -0.1) is 0 Å². The van der Waals surface area contributed by atoms with Crippen LogP contribution in [0.5, 0.6) is 5.75 Å². The molecule has 1 aromatic carbocycles. The van der Waals surface area contributed by atoms with E-state index < -0.39 is 0 Å². The van der Waals surface area contributed by atoms with Gasteiger partial charge in [0.25, 0.3) is 0 Å². The lowest BCUT2D eigenvalue weighted by Crippen LogP contribution is -2.32. The highest BCUT2D eigenvalue weighted by Gasteiger charge is 2.02. The molecule has 0 unspecified atom stereocenters. The summed E-state index contributed by atoms with van der Waals surface area (Å²) < 4.78 is 5.33. The Morgan fingerprint density at radius 3 is 2.89 bits per heavy atom. The van der Waals surface area contributed by atoms with Crippen molar-refractivity contribution in [3.8, 4) is 5.75 Å². The molecule has 0 saturated carbocycles. The molecule has 0 fully saturated rings. The predicted octanol–water partition coefficient (Wildman–Crippen LogP) is 2.21. The van der Waals surface area contributed by atoms with Gasteiger partial charge >= 0.3 is 0 Å². The summed E-state index contributed by atoms with van der Waals surface area (Å²) in [4.78, 5) is 4.31. The molecule has 0 heterocycles. The number of aliphatic imine (C=N–C) groups is 1. The van der Waals surface area contributed by atoms with Crippen molar-refractivity contribution in [3.63, 3.8) is 0 Å². The Labute approximate surface area is 109 Å². The molecule has 18 heavy (non-hydrogen) atoms. The van der Waals surface area contributed by atoms with E-state index in [0.717, 1.165) is 30.7 Å². The third-order valence-electron chi connectivity index (χ3n) is 2.70. The smallest absolute Gasteiger partial charge is 0.188 e. The molecule has 3 N–H and O–H groups in total. The number of ether oxygens (including phenoxy) is 1. The predicted molar refractivity (Wildman–Crippen MR) is 76.0 cm³/mol. The van der Waals surface area contributed by atoms with E-state index >= 15 is 0 Å². The summed E-state index contributed by atoms with van der Waals surface area (Å²) in [5, 5.41) is 3.09. The Bertz CT molecular complexity index is 402. The fraction of sp³-hybridized carbons (Fsp3) is 0.500. The van der Waals surface area contributed by atoms with Crippen molar-refractivity contribution in [1.29, 1.82) is 0 Å². The van der Waals surface area contributed by atoms with Gasteiger partial charge in [0.15, 0.2) is 5.96 Å². The van der Waals surface area contributed by atoms with Gasteiger partial charge in [-0.3, -0.25) is 0 Å². The molecule has 0 aliphatic rings. The number of rotatable bonds is 6. The van der Waals surface area contributed by atoms with Crippen molar-refractivity contribution in [3.05, 3.63) is 29.3 Å². The highest BCUT2D eigenvalue weighted by atomic mass is 16.5. The minimum atomic E-state index is 0.492. The Balaban J connectivity index is 2.59. The Kier molecular flexibility index (Phi) is 6.05. The van der Waals surface area contributed by atoms with Crippen molar-refractivity contribution in [2.45, 2.75) is 33.2 Å². The number of methoxy groups -OCH3 is 1. The number of nitrogens with two attached hydrogens (primary N) is 1. The first kappa shape index (κ1) is 14.4. The number of nitrogens with zero attached hydrogens (tertiary/aromatic N) is 1. The fourth-order valence-electron chi connectivity index (χ4n) is 1.60. The second kappa shape index (κ2) is 7.58. The normalized spacial score (nSPS) is 11.4. The lowest BCUT2D eigenvalue weighted by Gasteiger charge is -2.08. The topological polar surface area (TPSA) is 59.6 Å². The number of benzene rings is 1. The zero-order chi connectivity index (χ0) is 13.4. The Hall–Kier alpha value is -1.71. The largest absolute Gasteiger partial charge is 0.496 e. The molecule has 0 atom stereocenters. The van der Waals surface area contributed by atoms with E-state index in [9.17, 15) is 0 Å². The fourth-order valence-corrected chi connectivity index (χ4v) is 1.60. The first-order valence-corrected chi connectivity index (χ1v) is 6.34. The Morgan fingerprint density at radius 2 is 2.22 bits per heavy atom. The number of aryl methyl sites for hydroxylation is 1. The van der Waals surface area contributed by atoms with E-state index in [-0.39, 0.29) is 0 Å². The molecule has 4 nitrogen and oxygen atoms in total. The van der Waals surface area contributed by atoms with Gasteiger partial charge in [0.2, 0.25) is 0 Å². The first-order chi connectivity index (χ1) is 8.67. The van der Waals surface area contributed by atoms with Gasteiger partial charge in [-0.25, -0.2) is 4.99 Å². The average molecular weight is 249 g/mol. The van der Waals surface area contributed by atoms with E-state index in [1.54, 1.807) is 7.11 Å². The monoisotopic (exact) mass is 249 g/mol. The maximum atomic E-state index is 5.78. The summed E-state index contributed by atoms with van der Waals surface area (Å²) >= 11 is 0.